The zero-order valence-electron chi connectivity index (χ0n) is 12.8. The quantitative estimate of drug-likeness (QED) is 0.944. The van der Waals surface area contributed by atoms with Crippen molar-refractivity contribution in [1.82, 2.24) is 14.8 Å². The van der Waals surface area contributed by atoms with Gasteiger partial charge in [0, 0.05) is 32.4 Å². The van der Waals surface area contributed by atoms with E-state index in [4.69, 9.17) is 4.74 Å². The van der Waals surface area contributed by atoms with Crippen molar-refractivity contribution in [2.45, 2.75) is 6.61 Å². The molecule has 1 aliphatic heterocycles. The third-order valence-corrected chi connectivity index (χ3v) is 3.86. The molecule has 23 heavy (non-hydrogen) atoms. The highest BCUT2D eigenvalue weighted by molar-refractivity contribution is 5.92. The van der Waals surface area contributed by atoms with Gasteiger partial charge >= 0.3 is 6.09 Å². The predicted molar refractivity (Wildman–Crippen MR) is 84.9 cm³/mol. The van der Waals surface area contributed by atoms with Crippen molar-refractivity contribution < 1.29 is 14.3 Å². The van der Waals surface area contributed by atoms with Crippen LogP contribution in [-0.4, -0.2) is 53.0 Å². The minimum atomic E-state index is -0.333. The lowest BCUT2D eigenvalue weighted by Gasteiger charge is -2.33. The fraction of sp³-hybridized carbons (Fsp3) is 0.294. The second kappa shape index (κ2) is 7.00. The number of nitrogens with one attached hydrogen (secondary N) is 1. The largest absolute Gasteiger partial charge is 0.445 e. The van der Waals surface area contributed by atoms with Gasteiger partial charge in [-0.2, -0.15) is 0 Å². The molecule has 6 nitrogen and oxygen atoms in total. The summed E-state index contributed by atoms with van der Waals surface area (Å²) in [7, 11) is 0. The van der Waals surface area contributed by atoms with Gasteiger partial charge in [0.1, 0.15) is 12.3 Å². The average molecular weight is 313 g/mol. The highest BCUT2D eigenvalue weighted by atomic mass is 16.6. The van der Waals surface area contributed by atoms with Crippen LogP contribution in [0.4, 0.5) is 4.79 Å². The summed E-state index contributed by atoms with van der Waals surface area (Å²) < 4.78 is 5.31. The molecule has 0 radical (unpaired) electrons. The van der Waals surface area contributed by atoms with E-state index in [1.54, 1.807) is 28.1 Å². The van der Waals surface area contributed by atoms with E-state index in [9.17, 15) is 9.59 Å². The van der Waals surface area contributed by atoms with Gasteiger partial charge in [-0.3, -0.25) is 4.79 Å². The lowest BCUT2D eigenvalue weighted by atomic mass is 10.2. The molecule has 1 aromatic carbocycles. The molecule has 120 valence electrons. The molecule has 2 amide bonds. The molecular formula is C17H19N3O3. The van der Waals surface area contributed by atoms with Gasteiger partial charge in [-0.15, -0.1) is 0 Å². The number of carbonyl (C=O) groups is 2. The molecule has 1 aromatic heterocycles. The SMILES string of the molecule is O=C(OCc1ccccc1)N1CCN(C(=O)c2ccc[nH]2)CC1. The first kappa shape index (κ1) is 15.1. The van der Waals surface area contributed by atoms with Gasteiger partial charge in [-0.1, -0.05) is 30.3 Å². The third kappa shape index (κ3) is 3.71. The van der Waals surface area contributed by atoms with E-state index in [2.05, 4.69) is 4.98 Å². The van der Waals surface area contributed by atoms with E-state index in [1.807, 2.05) is 30.3 Å². The Hall–Kier alpha value is -2.76. The van der Waals surface area contributed by atoms with Crippen molar-refractivity contribution in [1.29, 1.82) is 0 Å². The number of ether oxygens (including phenoxy) is 1. The molecular weight excluding hydrogens is 294 g/mol. The van der Waals surface area contributed by atoms with Crippen LogP contribution in [0.2, 0.25) is 0 Å². The van der Waals surface area contributed by atoms with Crippen molar-refractivity contribution in [2.24, 2.45) is 0 Å². The Morgan fingerprint density at radius 3 is 2.30 bits per heavy atom. The number of amides is 2. The Morgan fingerprint density at radius 1 is 0.957 bits per heavy atom. The number of rotatable bonds is 3. The average Bonchev–Trinajstić information content (AvgIpc) is 3.15. The van der Waals surface area contributed by atoms with Crippen LogP contribution in [0.15, 0.2) is 48.7 Å². The van der Waals surface area contributed by atoms with Crippen LogP contribution >= 0.6 is 0 Å². The zero-order chi connectivity index (χ0) is 16.1. The minimum Gasteiger partial charge on any atom is -0.445 e. The van der Waals surface area contributed by atoms with Crippen LogP contribution in [-0.2, 0) is 11.3 Å². The van der Waals surface area contributed by atoms with Crippen molar-refractivity contribution >= 4 is 12.0 Å². The molecule has 3 rings (SSSR count). The number of hydrogen-bond donors (Lipinski definition) is 1. The molecule has 0 saturated carbocycles. The first-order chi connectivity index (χ1) is 11.2. The van der Waals surface area contributed by atoms with E-state index in [-0.39, 0.29) is 18.6 Å². The number of aromatic amines is 1. The van der Waals surface area contributed by atoms with E-state index < -0.39 is 0 Å². The maximum atomic E-state index is 12.2. The lowest BCUT2D eigenvalue weighted by molar-refractivity contribution is 0.0540. The van der Waals surface area contributed by atoms with Gasteiger partial charge < -0.3 is 19.5 Å². The molecule has 0 unspecified atom stereocenters. The van der Waals surface area contributed by atoms with E-state index in [0.717, 1.165) is 5.56 Å². The first-order valence-corrected chi connectivity index (χ1v) is 7.62. The third-order valence-electron chi connectivity index (χ3n) is 3.86. The maximum absolute atomic E-state index is 12.2. The number of aromatic nitrogens is 1. The number of benzene rings is 1. The Balaban J connectivity index is 1.47. The summed E-state index contributed by atoms with van der Waals surface area (Å²) in [5.41, 5.74) is 1.53. The van der Waals surface area contributed by atoms with Crippen LogP contribution in [0, 0.1) is 0 Å². The second-order valence-corrected chi connectivity index (χ2v) is 5.40. The molecule has 0 spiro atoms. The van der Waals surface area contributed by atoms with Crippen LogP contribution in [0.5, 0.6) is 0 Å². The molecule has 0 atom stereocenters. The van der Waals surface area contributed by atoms with E-state index >= 15 is 0 Å². The zero-order valence-corrected chi connectivity index (χ0v) is 12.8. The van der Waals surface area contributed by atoms with Crippen molar-refractivity contribution in [2.75, 3.05) is 26.2 Å². The Labute approximate surface area is 134 Å². The van der Waals surface area contributed by atoms with E-state index in [1.165, 1.54) is 0 Å². The molecule has 6 heteroatoms. The number of carbonyl (C=O) groups excluding carboxylic acids is 2. The fourth-order valence-electron chi connectivity index (χ4n) is 2.54. The second-order valence-electron chi connectivity index (χ2n) is 5.40. The topological polar surface area (TPSA) is 65.6 Å². The molecule has 0 bridgehead atoms. The standard InChI is InChI=1S/C17H19N3O3/c21-16(15-7-4-8-18-15)19-9-11-20(12-10-19)17(22)23-13-14-5-2-1-3-6-14/h1-8,18H,9-13H2. The van der Waals surface area contributed by atoms with Gasteiger partial charge in [0.15, 0.2) is 0 Å². The Morgan fingerprint density at radius 2 is 1.65 bits per heavy atom. The maximum Gasteiger partial charge on any atom is 0.410 e. The molecule has 1 saturated heterocycles. The smallest absolute Gasteiger partial charge is 0.410 e. The van der Waals surface area contributed by atoms with Gasteiger partial charge in [-0.05, 0) is 17.7 Å². The van der Waals surface area contributed by atoms with Crippen molar-refractivity contribution in [3.63, 3.8) is 0 Å². The molecule has 0 aliphatic carbocycles. The van der Waals surface area contributed by atoms with Crippen LogP contribution in [0.3, 0.4) is 0 Å². The summed E-state index contributed by atoms with van der Waals surface area (Å²) in [6, 6.07) is 13.1. The van der Waals surface area contributed by atoms with Crippen molar-refractivity contribution in [3.8, 4) is 0 Å². The number of hydrogen-bond acceptors (Lipinski definition) is 3. The summed E-state index contributed by atoms with van der Waals surface area (Å²) in [4.78, 5) is 30.6. The van der Waals surface area contributed by atoms with Crippen molar-refractivity contribution in [3.05, 3.63) is 59.9 Å². The van der Waals surface area contributed by atoms with Crippen LogP contribution in [0.1, 0.15) is 16.1 Å². The van der Waals surface area contributed by atoms with Gasteiger partial charge in [-0.25, -0.2) is 4.79 Å². The van der Waals surface area contributed by atoms with E-state index in [0.29, 0.717) is 31.9 Å². The molecule has 2 aromatic rings. The Kier molecular flexibility index (Phi) is 4.61. The normalized spacial score (nSPS) is 14.6. The van der Waals surface area contributed by atoms with Gasteiger partial charge in [0.25, 0.3) is 5.91 Å². The lowest BCUT2D eigenvalue weighted by Crippen LogP contribution is -2.50. The van der Waals surface area contributed by atoms with Crippen LogP contribution in [0.25, 0.3) is 0 Å². The van der Waals surface area contributed by atoms with Gasteiger partial charge in [0.05, 0.1) is 0 Å². The number of piperazine rings is 1. The first-order valence-electron chi connectivity index (χ1n) is 7.62. The highest BCUT2D eigenvalue weighted by Crippen LogP contribution is 2.09. The summed E-state index contributed by atoms with van der Waals surface area (Å²) in [6.45, 7) is 2.26. The molecule has 2 heterocycles. The summed E-state index contributed by atoms with van der Waals surface area (Å²) >= 11 is 0. The number of nitrogens with zero attached hydrogens (tertiary/aromatic N) is 2. The molecule has 1 aliphatic rings. The summed E-state index contributed by atoms with van der Waals surface area (Å²) in [5, 5.41) is 0. The predicted octanol–water partition coefficient (Wildman–Crippen LogP) is 2.11. The molecule has 1 fully saturated rings. The fourth-order valence-corrected chi connectivity index (χ4v) is 2.54. The Bertz CT molecular complexity index is 647. The molecule has 1 N–H and O–H groups in total. The number of H-pyrrole nitrogens is 1. The monoisotopic (exact) mass is 313 g/mol. The van der Waals surface area contributed by atoms with Crippen LogP contribution < -0.4 is 0 Å². The van der Waals surface area contributed by atoms with Gasteiger partial charge in [0.2, 0.25) is 0 Å². The summed E-state index contributed by atoms with van der Waals surface area (Å²) in [5.74, 6) is -0.0349. The minimum absolute atomic E-state index is 0.0349. The highest BCUT2D eigenvalue weighted by Gasteiger charge is 2.25. The summed E-state index contributed by atoms with van der Waals surface area (Å²) in [6.07, 6.45) is 1.39.